The van der Waals surface area contributed by atoms with Gasteiger partial charge in [0.2, 0.25) is 0 Å². The highest BCUT2D eigenvalue weighted by molar-refractivity contribution is 9.10. The van der Waals surface area contributed by atoms with Crippen molar-refractivity contribution in [1.82, 2.24) is 10.3 Å². The van der Waals surface area contributed by atoms with Crippen LogP contribution in [0.1, 0.15) is 24.2 Å². The second-order valence-electron chi connectivity index (χ2n) is 4.48. The fourth-order valence-corrected chi connectivity index (χ4v) is 2.25. The highest BCUT2D eigenvalue weighted by Gasteiger charge is 2.15. The van der Waals surface area contributed by atoms with Crippen LogP contribution < -0.4 is 5.32 Å². The fourth-order valence-electron chi connectivity index (χ4n) is 1.98. The molecular weight excluding hydrogens is 328 g/mol. The third-order valence-corrected chi connectivity index (χ3v) is 3.48. The van der Waals surface area contributed by atoms with E-state index in [4.69, 9.17) is 0 Å². The molecule has 4 heteroatoms. The second-order valence-corrected chi connectivity index (χ2v) is 5.39. The normalized spacial score (nSPS) is 11.1. The van der Waals surface area contributed by atoms with Crippen molar-refractivity contribution < 1.29 is 4.79 Å². The highest BCUT2D eigenvalue weighted by atomic mass is 79.9. The Hall–Kier alpha value is -2.12. The Bertz CT molecular complexity index is 657. The third-order valence-electron chi connectivity index (χ3n) is 2.96. The summed E-state index contributed by atoms with van der Waals surface area (Å²) in [7, 11) is 0. The van der Waals surface area contributed by atoms with Crippen LogP contribution in [0.15, 0.2) is 53.1 Å². The van der Waals surface area contributed by atoms with E-state index in [1.807, 2.05) is 42.5 Å². The lowest BCUT2D eigenvalue weighted by Gasteiger charge is -2.17. The first-order valence-electron chi connectivity index (χ1n) is 6.57. The van der Waals surface area contributed by atoms with Crippen molar-refractivity contribution in [3.8, 4) is 11.8 Å². The minimum absolute atomic E-state index is 0.152. The van der Waals surface area contributed by atoms with Gasteiger partial charge in [0, 0.05) is 22.8 Å². The lowest BCUT2D eigenvalue weighted by Crippen LogP contribution is -2.29. The predicted octanol–water partition coefficient (Wildman–Crippen LogP) is 3.27. The minimum atomic E-state index is -0.277. The van der Waals surface area contributed by atoms with Crippen molar-refractivity contribution in [1.29, 1.82) is 0 Å². The number of pyridine rings is 1. The molecule has 0 aliphatic carbocycles. The van der Waals surface area contributed by atoms with Gasteiger partial charge in [-0.1, -0.05) is 40.0 Å². The monoisotopic (exact) mass is 342 g/mol. The van der Waals surface area contributed by atoms with Gasteiger partial charge in [0.15, 0.2) is 0 Å². The summed E-state index contributed by atoms with van der Waals surface area (Å²) in [5.74, 6) is 4.85. The number of rotatable bonds is 4. The molecule has 0 spiro atoms. The van der Waals surface area contributed by atoms with E-state index < -0.39 is 0 Å². The highest BCUT2D eigenvalue weighted by Crippen LogP contribution is 2.20. The van der Waals surface area contributed by atoms with Crippen LogP contribution in [0.5, 0.6) is 0 Å². The van der Waals surface area contributed by atoms with Crippen LogP contribution in [-0.4, -0.2) is 10.9 Å². The summed E-state index contributed by atoms with van der Waals surface area (Å²) in [5.41, 5.74) is 1.95. The van der Waals surface area contributed by atoms with E-state index in [2.05, 4.69) is 38.1 Å². The molecule has 0 aliphatic rings. The van der Waals surface area contributed by atoms with Gasteiger partial charge in [-0.3, -0.25) is 9.78 Å². The number of amides is 1. The first kappa shape index (κ1) is 15.3. The van der Waals surface area contributed by atoms with Gasteiger partial charge in [0.05, 0.1) is 6.04 Å². The quantitative estimate of drug-likeness (QED) is 0.866. The second kappa shape index (κ2) is 7.61. The number of nitrogens with one attached hydrogen (secondary N) is 1. The molecule has 1 atom stereocenters. The molecule has 3 nitrogen and oxygen atoms in total. The molecule has 1 aromatic heterocycles. The lowest BCUT2D eigenvalue weighted by molar-refractivity contribution is -0.116. The maximum atomic E-state index is 11.8. The topological polar surface area (TPSA) is 42.0 Å². The zero-order valence-electron chi connectivity index (χ0n) is 11.6. The van der Waals surface area contributed by atoms with Crippen LogP contribution in [0.2, 0.25) is 0 Å². The summed E-state index contributed by atoms with van der Waals surface area (Å²) in [6, 6.07) is 13.5. The summed E-state index contributed by atoms with van der Waals surface area (Å²) in [4.78, 5) is 16.1. The van der Waals surface area contributed by atoms with Crippen molar-refractivity contribution in [2.75, 3.05) is 0 Å². The summed E-state index contributed by atoms with van der Waals surface area (Å²) in [5, 5.41) is 2.93. The van der Waals surface area contributed by atoms with Crippen LogP contribution in [0.3, 0.4) is 0 Å². The standard InChI is InChI=1S/C17H15BrN2O/c1-2-5-17(21)20-16(12-15-6-3-4-11-19-15)13-7-9-14(18)10-8-13/h3-4,6-11,16H,12H2,1H3,(H,20,21). The molecule has 1 unspecified atom stereocenters. The van der Waals surface area contributed by atoms with Gasteiger partial charge in [-0.05, 0) is 42.7 Å². The van der Waals surface area contributed by atoms with Crippen molar-refractivity contribution in [2.24, 2.45) is 0 Å². The molecule has 1 heterocycles. The molecule has 0 radical (unpaired) electrons. The van der Waals surface area contributed by atoms with Gasteiger partial charge < -0.3 is 5.32 Å². The lowest BCUT2D eigenvalue weighted by atomic mass is 10.0. The molecule has 0 aliphatic heterocycles. The average molecular weight is 343 g/mol. The number of hydrogen-bond acceptors (Lipinski definition) is 2. The summed E-state index contributed by atoms with van der Waals surface area (Å²) in [6.45, 7) is 1.65. The fraction of sp³-hybridized carbons (Fsp3) is 0.176. The number of benzene rings is 1. The molecule has 0 saturated heterocycles. The van der Waals surface area contributed by atoms with Crippen molar-refractivity contribution in [3.63, 3.8) is 0 Å². The van der Waals surface area contributed by atoms with E-state index in [-0.39, 0.29) is 11.9 Å². The first-order chi connectivity index (χ1) is 10.2. The number of carbonyl (C=O) groups excluding carboxylic acids is 1. The predicted molar refractivity (Wildman–Crippen MR) is 86.4 cm³/mol. The maximum absolute atomic E-state index is 11.8. The van der Waals surface area contributed by atoms with Crippen molar-refractivity contribution in [3.05, 3.63) is 64.4 Å². The first-order valence-corrected chi connectivity index (χ1v) is 7.37. The molecular formula is C17H15BrN2O. The summed E-state index contributed by atoms with van der Waals surface area (Å²) < 4.78 is 1.00. The van der Waals surface area contributed by atoms with Gasteiger partial charge >= 0.3 is 0 Å². The van der Waals surface area contributed by atoms with E-state index in [1.165, 1.54) is 0 Å². The molecule has 106 valence electrons. The zero-order valence-corrected chi connectivity index (χ0v) is 13.2. The summed E-state index contributed by atoms with van der Waals surface area (Å²) in [6.07, 6.45) is 2.38. The molecule has 1 amide bonds. The number of carbonyl (C=O) groups is 1. The molecule has 2 rings (SSSR count). The number of aromatic nitrogens is 1. The van der Waals surface area contributed by atoms with E-state index in [9.17, 15) is 4.79 Å². The molecule has 1 N–H and O–H groups in total. The number of hydrogen-bond donors (Lipinski definition) is 1. The van der Waals surface area contributed by atoms with E-state index in [0.717, 1.165) is 15.7 Å². The largest absolute Gasteiger partial charge is 0.338 e. The van der Waals surface area contributed by atoms with Crippen LogP contribution >= 0.6 is 15.9 Å². The Morgan fingerprint density at radius 2 is 2.05 bits per heavy atom. The van der Waals surface area contributed by atoms with Crippen molar-refractivity contribution in [2.45, 2.75) is 19.4 Å². The molecule has 2 aromatic rings. The number of halogens is 1. The number of nitrogens with zero attached hydrogens (tertiary/aromatic N) is 1. The van der Waals surface area contributed by atoms with Gasteiger partial charge in [-0.2, -0.15) is 0 Å². The van der Waals surface area contributed by atoms with Gasteiger partial charge in [0.1, 0.15) is 0 Å². The Labute approximate surface area is 132 Å². The Morgan fingerprint density at radius 3 is 2.67 bits per heavy atom. The van der Waals surface area contributed by atoms with Gasteiger partial charge in [0.25, 0.3) is 5.91 Å². The minimum Gasteiger partial charge on any atom is -0.338 e. The maximum Gasteiger partial charge on any atom is 0.296 e. The molecule has 0 saturated carbocycles. The Morgan fingerprint density at radius 1 is 1.29 bits per heavy atom. The Kier molecular flexibility index (Phi) is 5.53. The SMILES string of the molecule is CC#CC(=O)NC(Cc1ccccn1)c1ccc(Br)cc1. The van der Waals surface area contributed by atoms with Crippen LogP contribution in [0.4, 0.5) is 0 Å². The molecule has 21 heavy (non-hydrogen) atoms. The van der Waals surface area contributed by atoms with E-state index in [0.29, 0.717) is 6.42 Å². The molecule has 1 aromatic carbocycles. The van der Waals surface area contributed by atoms with Gasteiger partial charge in [-0.15, -0.1) is 0 Å². The third kappa shape index (κ3) is 4.73. The van der Waals surface area contributed by atoms with Crippen LogP contribution in [0.25, 0.3) is 0 Å². The smallest absolute Gasteiger partial charge is 0.296 e. The van der Waals surface area contributed by atoms with Crippen molar-refractivity contribution >= 4 is 21.8 Å². The molecule has 0 fully saturated rings. The zero-order chi connectivity index (χ0) is 15.1. The average Bonchev–Trinajstić information content (AvgIpc) is 2.49. The van der Waals surface area contributed by atoms with Crippen LogP contribution in [0, 0.1) is 11.8 Å². The van der Waals surface area contributed by atoms with E-state index >= 15 is 0 Å². The van der Waals surface area contributed by atoms with E-state index in [1.54, 1.807) is 13.1 Å². The van der Waals surface area contributed by atoms with Gasteiger partial charge in [-0.25, -0.2) is 0 Å². The Balaban J connectivity index is 2.22. The molecule has 0 bridgehead atoms. The van der Waals surface area contributed by atoms with Crippen LogP contribution in [-0.2, 0) is 11.2 Å². The summed E-state index contributed by atoms with van der Waals surface area (Å²) >= 11 is 3.42.